The lowest BCUT2D eigenvalue weighted by atomic mass is 9.94. The zero-order valence-electron chi connectivity index (χ0n) is 14.5. The number of rotatable bonds is 6. The molecular weight excluding hydrogens is 338 g/mol. The molecule has 4 rings (SSSR count). The summed E-state index contributed by atoms with van der Waals surface area (Å²) < 4.78 is 5.19. The molecule has 1 amide bonds. The van der Waals surface area contributed by atoms with Crippen molar-refractivity contribution in [2.45, 2.75) is 49.9 Å². The maximum atomic E-state index is 11.9. The van der Waals surface area contributed by atoms with E-state index in [4.69, 9.17) is 4.74 Å². The predicted octanol–water partition coefficient (Wildman–Crippen LogP) is 1.56. The van der Waals surface area contributed by atoms with E-state index in [-0.39, 0.29) is 17.9 Å². The molecule has 136 valence electrons. The average molecular weight is 363 g/mol. The molecule has 0 spiro atoms. The van der Waals surface area contributed by atoms with Gasteiger partial charge >= 0.3 is 0 Å². The lowest BCUT2D eigenvalue weighted by molar-refractivity contribution is -0.148. The minimum absolute atomic E-state index is 0.0546. The summed E-state index contributed by atoms with van der Waals surface area (Å²) in [5.41, 5.74) is 1.18. The van der Waals surface area contributed by atoms with Gasteiger partial charge in [0.05, 0.1) is 10.9 Å². The lowest BCUT2D eigenvalue weighted by Gasteiger charge is -2.36. The van der Waals surface area contributed by atoms with Gasteiger partial charge in [-0.05, 0) is 19.3 Å². The first kappa shape index (κ1) is 17.0. The fraction of sp³-hybridized carbons (Fsp3) is 0.667. The second-order valence-electron chi connectivity index (χ2n) is 7.46. The van der Waals surface area contributed by atoms with Crippen LogP contribution in [0.25, 0.3) is 0 Å². The largest absolute Gasteiger partial charge is 0.411 e. The summed E-state index contributed by atoms with van der Waals surface area (Å²) in [6.45, 7) is 8.66. The fourth-order valence-electron chi connectivity index (χ4n) is 4.47. The Labute approximate surface area is 152 Å². The van der Waals surface area contributed by atoms with Gasteiger partial charge in [0.25, 0.3) is 6.47 Å². The third-order valence-electron chi connectivity index (χ3n) is 5.95. The highest BCUT2D eigenvalue weighted by Gasteiger charge is 2.51. The predicted molar refractivity (Wildman–Crippen MR) is 96.2 cm³/mol. The van der Waals surface area contributed by atoms with E-state index in [1.807, 2.05) is 0 Å². The number of hydrogen-bond acceptors (Lipinski definition) is 6. The van der Waals surface area contributed by atoms with E-state index in [0.29, 0.717) is 36.0 Å². The molecule has 2 N–H and O–H groups in total. The Morgan fingerprint density at radius 2 is 2.32 bits per heavy atom. The number of β-lactam (4-membered cyclic amide) rings is 1. The lowest BCUT2D eigenvalue weighted by Crippen LogP contribution is -2.51. The van der Waals surface area contributed by atoms with Crippen molar-refractivity contribution >= 4 is 24.1 Å². The molecule has 5 atom stereocenters. The number of carbonyl (C=O) groups excluding carboxylic acids is 2. The van der Waals surface area contributed by atoms with Crippen LogP contribution in [0, 0.1) is 11.8 Å². The third kappa shape index (κ3) is 2.97. The van der Waals surface area contributed by atoms with Crippen LogP contribution in [0.5, 0.6) is 0 Å². The van der Waals surface area contributed by atoms with E-state index in [0.717, 1.165) is 30.8 Å². The van der Waals surface area contributed by atoms with Crippen LogP contribution in [-0.4, -0.2) is 47.7 Å². The molecule has 25 heavy (non-hydrogen) atoms. The highest BCUT2D eigenvalue weighted by molar-refractivity contribution is 8.03. The molecule has 4 heterocycles. The zero-order valence-corrected chi connectivity index (χ0v) is 15.3. The molecule has 4 aliphatic heterocycles. The highest BCUT2D eigenvalue weighted by Crippen LogP contribution is 2.49. The standard InChI is InChI=1S/C18H25N3O3S/c1-10-15-7-16(23)21(15)18(24-9-22)17(10)25-14-6-13(20-8-14)5-12-3-4-19-11(12)2/h9-10,12-15,19-20H,2-8H2,1H3/t10?,12?,13-,14?,15?/m1/s1. The van der Waals surface area contributed by atoms with Gasteiger partial charge in [-0.3, -0.25) is 14.5 Å². The first-order valence-electron chi connectivity index (χ1n) is 9.07. The van der Waals surface area contributed by atoms with Crippen molar-refractivity contribution in [1.29, 1.82) is 0 Å². The van der Waals surface area contributed by atoms with Crippen molar-refractivity contribution in [3.63, 3.8) is 0 Å². The SMILES string of the molecule is C=C1NCCC1C[C@@H]1CC(SC2=C(OC=O)N3C(=O)CC3C2C)CN1. The van der Waals surface area contributed by atoms with Crippen molar-refractivity contribution in [2.75, 3.05) is 13.1 Å². The van der Waals surface area contributed by atoms with Crippen LogP contribution in [0.1, 0.15) is 32.6 Å². The number of fused-ring (bicyclic) bond motifs is 1. The molecule has 0 aromatic rings. The molecule has 7 heteroatoms. The van der Waals surface area contributed by atoms with Crippen molar-refractivity contribution in [3.05, 3.63) is 23.1 Å². The summed E-state index contributed by atoms with van der Waals surface area (Å²) >= 11 is 1.78. The number of allylic oxidation sites excluding steroid dienone is 1. The second-order valence-corrected chi connectivity index (χ2v) is 8.80. The normalized spacial score (nSPS) is 37.2. The maximum absolute atomic E-state index is 11.9. The molecule has 6 nitrogen and oxygen atoms in total. The fourth-order valence-corrected chi connectivity index (χ4v) is 5.96. The van der Waals surface area contributed by atoms with Gasteiger partial charge in [0.15, 0.2) is 0 Å². The number of nitrogens with one attached hydrogen (secondary N) is 2. The van der Waals surface area contributed by atoms with E-state index < -0.39 is 0 Å². The molecule has 3 saturated heterocycles. The van der Waals surface area contributed by atoms with Gasteiger partial charge in [-0.15, -0.1) is 11.8 Å². The van der Waals surface area contributed by atoms with Crippen LogP contribution < -0.4 is 10.6 Å². The van der Waals surface area contributed by atoms with E-state index in [1.165, 1.54) is 12.1 Å². The Kier molecular flexibility index (Phi) is 4.54. The molecule has 0 aliphatic carbocycles. The van der Waals surface area contributed by atoms with Crippen molar-refractivity contribution in [2.24, 2.45) is 11.8 Å². The number of thioether (sulfide) groups is 1. The molecule has 0 bridgehead atoms. The van der Waals surface area contributed by atoms with E-state index in [2.05, 4.69) is 24.1 Å². The van der Waals surface area contributed by atoms with Gasteiger partial charge in [0, 0.05) is 48.3 Å². The number of nitrogens with zero attached hydrogens (tertiary/aromatic N) is 1. The van der Waals surface area contributed by atoms with E-state index in [9.17, 15) is 9.59 Å². The molecule has 0 aromatic heterocycles. The van der Waals surface area contributed by atoms with Gasteiger partial charge in [0.2, 0.25) is 11.8 Å². The molecule has 3 fully saturated rings. The maximum Gasteiger partial charge on any atom is 0.299 e. The Balaban J connectivity index is 1.39. The summed E-state index contributed by atoms with van der Waals surface area (Å²) in [4.78, 5) is 25.5. The van der Waals surface area contributed by atoms with E-state index >= 15 is 0 Å². The monoisotopic (exact) mass is 363 g/mol. The Morgan fingerprint density at radius 1 is 1.48 bits per heavy atom. The summed E-state index contributed by atoms with van der Waals surface area (Å²) in [7, 11) is 0. The number of carbonyl (C=O) groups is 2. The molecule has 4 aliphatic rings. The molecule has 0 radical (unpaired) electrons. The van der Waals surface area contributed by atoms with Gasteiger partial charge in [-0.1, -0.05) is 13.5 Å². The molecular formula is C18H25N3O3S. The van der Waals surface area contributed by atoms with Crippen LogP contribution >= 0.6 is 11.8 Å². The van der Waals surface area contributed by atoms with Crippen LogP contribution in [0.15, 0.2) is 23.1 Å². The second kappa shape index (κ2) is 6.68. The van der Waals surface area contributed by atoms with Crippen LogP contribution in [-0.2, 0) is 14.3 Å². The number of ether oxygens (including phenoxy) is 1. The third-order valence-corrected chi connectivity index (χ3v) is 7.44. The first-order valence-corrected chi connectivity index (χ1v) is 9.95. The van der Waals surface area contributed by atoms with Gasteiger partial charge in [-0.25, -0.2) is 0 Å². The number of hydrogen-bond donors (Lipinski definition) is 2. The van der Waals surface area contributed by atoms with Crippen molar-refractivity contribution < 1.29 is 14.3 Å². The minimum atomic E-state index is 0.0546. The Bertz CT molecular complexity index is 635. The topological polar surface area (TPSA) is 70.7 Å². The van der Waals surface area contributed by atoms with Crippen LogP contribution in [0.2, 0.25) is 0 Å². The highest BCUT2D eigenvalue weighted by atomic mass is 32.2. The quantitative estimate of drug-likeness (QED) is 0.551. The van der Waals surface area contributed by atoms with Crippen LogP contribution in [0.3, 0.4) is 0 Å². The van der Waals surface area contributed by atoms with Crippen molar-refractivity contribution in [3.8, 4) is 0 Å². The molecule has 4 unspecified atom stereocenters. The Morgan fingerprint density at radius 3 is 3.00 bits per heavy atom. The minimum Gasteiger partial charge on any atom is -0.411 e. The smallest absolute Gasteiger partial charge is 0.299 e. The van der Waals surface area contributed by atoms with Crippen molar-refractivity contribution in [1.82, 2.24) is 15.5 Å². The molecule has 0 saturated carbocycles. The average Bonchev–Trinajstić information content (AvgIpc) is 3.23. The zero-order chi connectivity index (χ0) is 17.6. The summed E-state index contributed by atoms with van der Waals surface area (Å²) in [6.07, 6.45) is 3.95. The number of amides is 1. The first-order chi connectivity index (χ1) is 12.1. The van der Waals surface area contributed by atoms with E-state index in [1.54, 1.807) is 16.7 Å². The Hall–Kier alpha value is -1.47. The van der Waals surface area contributed by atoms with Gasteiger partial charge in [-0.2, -0.15) is 0 Å². The molecule has 0 aromatic carbocycles. The summed E-state index contributed by atoms with van der Waals surface area (Å²) in [5, 5.41) is 7.42. The van der Waals surface area contributed by atoms with Gasteiger partial charge < -0.3 is 15.4 Å². The van der Waals surface area contributed by atoms with Crippen LogP contribution in [0.4, 0.5) is 0 Å². The van der Waals surface area contributed by atoms with Gasteiger partial charge in [0.1, 0.15) is 0 Å². The summed E-state index contributed by atoms with van der Waals surface area (Å²) in [5.74, 6) is 1.35. The summed E-state index contributed by atoms with van der Waals surface area (Å²) in [6, 6.07) is 0.675.